The molecule has 6 rings (SSSR count). The maximum atomic E-state index is 14.1. The molecule has 0 heterocycles. The Morgan fingerprint density at radius 3 is 1.16 bits per heavy atom. The van der Waals surface area contributed by atoms with Crippen LogP contribution in [0.25, 0.3) is 11.1 Å². The van der Waals surface area contributed by atoms with Crippen LogP contribution in [0.4, 0.5) is 17.6 Å². The van der Waals surface area contributed by atoms with Crippen molar-refractivity contribution >= 4 is 35.1 Å². The van der Waals surface area contributed by atoms with Crippen LogP contribution in [-0.2, 0) is 49.1 Å². The molecule has 6 aromatic carbocycles. The summed E-state index contributed by atoms with van der Waals surface area (Å²) in [4.78, 5) is 27.9. The summed E-state index contributed by atoms with van der Waals surface area (Å²) in [5.41, 5.74) is 7.05. The lowest BCUT2D eigenvalue weighted by molar-refractivity contribution is -0.144. The second-order valence-electron chi connectivity index (χ2n) is 19.5. The van der Waals surface area contributed by atoms with Gasteiger partial charge >= 0.3 is 11.9 Å². The van der Waals surface area contributed by atoms with E-state index in [-0.39, 0.29) is 84.0 Å². The number of benzene rings is 6. The highest BCUT2D eigenvalue weighted by molar-refractivity contribution is 6.32. The average Bonchev–Trinajstić information content (AvgIpc) is 3.31. The second-order valence-corrected chi connectivity index (χ2v) is 20.3. The first-order valence-corrected chi connectivity index (χ1v) is 24.9. The normalized spacial score (nSPS) is 12.4. The Morgan fingerprint density at radius 2 is 0.838 bits per heavy atom. The van der Waals surface area contributed by atoms with Gasteiger partial charge in [-0.15, -0.1) is 0 Å². The van der Waals surface area contributed by atoms with Crippen LogP contribution in [0.1, 0.15) is 85.0 Å². The third-order valence-corrected chi connectivity index (χ3v) is 13.3. The van der Waals surface area contributed by atoms with Crippen molar-refractivity contribution < 1.29 is 56.3 Å². The first-order valence-electron chi connectivity index (χ1n) is 24.2. The van der Waals surface area contributed by atoms with E-state index in [0.29, 0.717) is 35.5 Å². The zero-order valence-electron chi connectivity index (χ0n) is 42.7. The number of halogens is 6. The molecule has 0 spiro atoms. The van der Waals surface area contributed by atoms with Crippen molar-refractivity contribution in [2.24, 2.45) is 11.8 Å². The summed E-state index contributed by atoms with van der Waals surface area (Å²) in [7, 11) is 3.40. The van der Waals surface area contributed by atoms with Crippen molar-refractivity contribution in [1.29, 1.82) is 0 Å². The number of carboxylic acid groups (broad SMARTS) is 2. The minimum Gasteiger partial charge on any atom is -0.488 e. The SMILES string of the molecule is Cc1c(COc2cc(OCc3cc(F)cc(F)c3)c(CN(C)[C@@H](CC(C)C)C(=O)O)cc2Cl)cccc1-c1cccc(COc2cc(OCc3cc(F)cc(F)c3)c(CN(C)[C@@H](CC(C)C)C(=O)O)cc2Cl)c1C. The van der Waals surface area contributed by atoms with E-state index >= 15 is 0 Å². The summed E-state index contributed by atoms with van der Waals surface area (Å²) in [6.07, 6.45) is 0.805. The first-order chi connectivity index (χ1) is 35.1. The lowest BCUT2D eigenvalue weighted by atomic mass is 9.92. The van der Waals surface area contributed by atoms with Crippen molar-refractivity contribution in [2.75, 3.05) is 14.1 Å². The molecule has 394 valence electrons. The summed E-state index contributed by atoms with van der Waals surface area (Å²) in [6, 6.07) is 22.9. The molecule has 0 aromatic heterocycles. The van der Waals surface area contributed by atoms with E-state index in [9.17, 15) is 37.4 Å². The highest BCUT2D eigenvalue weighted by Crippen LogP contribution is 2.38. The first kappa shape index (κ1) is 57.0. The van der Waals surface area contributed by atoms with Gasteiger partial charge in [0.15, 0.2) is 0 Å². The molecule has 74 heavy (non-hydrogen) atoms. The minimum absolute atomic E-state index is 0.0993. The maximum absolute atomic E-state index is 14.1. The Morgan fingerprint density at radius 1 is 0.500 bits per heavy atom. The zero-order valence-corrected chi connectivity index (χ0v) is 44.2. The third-order valence-electron chi connectivity index (χ3n) is 12.7. The van der Waals surface area contributed by atoms with E-state index in [1.54, 1.807) is 48.2 Å². The number of aliphatic carboxylic acids is 2. The van der Waals surface area contributed by atoms with Crippen molar-refractivity contribution in [3.63, 3.8) is 0 Å². The number of nitrogens with zero attached hydrogens (tertiary/aromatic N) is 2. The fourth-order valence-corrected chi connectivity index (χ4v) is 9.24. The van der Waals surface area contributed by atoms with Crippen molar-refractivity contribution in [2.45, 2.75) is 106 Å². The van der Waals surface area contributed by atoms with E-state index in [0.717, 1.165) is 45.5 Å². The molecule has 0 aliphatic heterocycles. The monoisotopic (exact) mass is 1060 g/mol. The molecule has 16 heteroatoms. The molecule has 0 aliphatic rings. The molecule has 2 atom stereocenters. The number of hydrogen-bond acceptors (Lipinski definition) is 8. The Kier molecular flexibility index (Phi) is 19.8. The largest absolute Gasteiger partial charge is 0.488 e. The Hall–Kier alpha value is -6.32. The van der Waals surface area contributed by atoms with Gasteiger partial charge < -0.3 is 29.2 Å². The molecule has 0 unspecified atom stereocenters. The lowest BCUT2D eigenvalue weighted by Crippen LogP contribution is -2.39. The molecule has 0 bridgehead atoms. The van der Waals surface area contributed by atoms with Crippen LogP contribution in [-0.4, -0.2) is 58.1 Å². The molecule has 0 fully saturated rings. The summed E-state index contributed by atoms with van der Waals surface area (Å²) in [5.74, 6) is -3.56. The van der Waals surface area contributed by atoms with Gasteiger partial charge in [0.1, 0.15) is 84.8 Å². The Balaban J connectivity index is 1.23. The van der Waals surface area contributed by atoms with E-state index < -0.39 is 47.3 Å². The fraction of sp³-hybridized carbons (Fsp3) is 0.345. The standard InChI is InChI=1S/C58H62Cl2F4N2O8/c1-33(2)15-51(57(67)68)65(7)27-41-21-49(59)55(25-53(41)71-29-37-17-43(61)23-44(62)18-37)73-31-39-11-9-13-47(35(39)5)48-14-10-12-40(36(48)6)32-74-56-26-54(72-30-38-19-45(63)24-46(64)20-38)42(22-50(56)60)28-66(8)52(58(69)70)16-34(3)4/h9-14,17-26,33-34,51-52H,15-16,27-32H2,1-8H3,(H,67,68)(H,69,70)/t51-,52-/m0/s1. The van der Waals surface area contributed by atoms with Gasteiger partial charge in [0.2, 0.25) is 0 Å². The number of hydrogen-bond donors (Lipinski definition) is 2. The van der Waals surface area contributed by atoms with Crippen molar-refractivity contribution in [3.05, 3.63) is 175 Å². The molecule has 0 amide bonds. The quantitative estimate of drug-likeness (QED) is 0.0537. The summed E-state index contributed by atoms with van der Waals surface area (Å²) < 4.78 is 81.5. The van der Waals surface area contributed by atoms with Crippen LogP contribution in [0.2, 0.25) is 10.0 Å². The van der Waals surface area contributed by atoms with Crippen LogP contribution in [0.15, 0.2) is 97.1 Å². The van der Waals surface area contributed by atoms with Gasteiger partial charge in [0.05, 0.1) is 10.0 Å². The van der Waals surface area contributed by atoms with Gasteiger partial charge in [0, 0.05) is 48.5 Å². The van der Waals surface area contributed by atoms with Gasteiger partial charge in [0.25, 0.3) is 0 Å². The number of carboxylic acids is 2. The van der Waals surface area contributed by atoms with E-state index in [4.69, 9.17) is 42.1 Å². The van der Waals surface area contributed by atoms with Gasteiger partial charge in [-0.25, -0.2) is 17.6 Å². The average molecular weight is 1060 g/mol. The molecule has 0 radical (unpaired) electrons. The van der Waals surface area contributed by atoms with Gasteiger partial charge in [-0.3, -0.25) is 19.4 Å². The molecule has 0 saturated carbocycles. The lowest BCUT2D eigenvalue weighted by Gasteiger charge is -2.27. The predicted molar refractivity (Wildman–Crippen MR) is 279 cm³/mol. The van der Waals surface area contributed by atoms with E-state index in [1.165, 1.54) is 24.3 Å². The van der Waals surface area contributed by atoms with E-state index in [1.807, 2.05) is 77.9 Å². The topological polar surface area (TPSA) is 118 Å². The smallest absolute Gasteiger partial charge is 0.320 e. The second kappa shape index (κ2) is 25.8. The van der Waals surface area contributed by atoms with Gasteiger partial charge in [-0.2, -0.15) is 0 Å². The molecule has 0 aliphatic carbocycles. The van der Waals surface area contributed by atoms with Crippen LogP contribution in [0.5, 0.6) is 23.0 Å². The summed E-state index contributed by atoms with van der Waals surface area (Å²) in [6.45, 7) is 11.9. The number of rotatable bonds is 25. The Labute approximate surface area is 440 Å². The molecule has 10 nitrogen and oxygen atoms in total. The fourth-order valence-electron chi connectivity index (χ4n) is 8.76. The predicted octanol–water partition coefficient (Wildman–Crippen LogP) is 14.0. The molecule has 2 N–H and O–H groups in total. The zero-order chi connectivity index (χ0) is 54.0. The van der Waals surface area contributed by atoms with Crippen molar-refractivity contribution in [3.8, 4) is 34.1 Å². The van der Waals surface area contributed by atoms with Crippen LogP contribution >= 0.6 is 23.2 Å². The summed E-state index contributed by atoms with van der Waals surface area (Å²) in [5, 5.41) is 20.6. The molecular weight excluding hydrogens is 1000 g/mol. The van der Waals surface area contributed by atoms with Crippen LogP contribution in [0, 0.1) is 49.0 Å². The number of likely N-dealkylation sites (N-methyl/N-ethyl adjacent to an activating group) is 2. The molecule has 0 saturated heterocycles. The van der Waals surface area contributed by atoms with Gasteiger partial charge in [-0.05, 0) is 134 Å². The number of carbonyl (C=O) groups is 2. The van der Waals surface area contributed by atoms with E-state index in [2.05, 4.69) is 0 Å². The maximum Gasteiger partial charge on any atom is 0.320 e. The van der Waals surface area contributed by atoms with Crippen molar-refractivity contribution in [1.82, 2.24) is 9.80 Å². The minimum atomic E-state index is -0.970. The Bertz CT molecular complexity index is 2720. The molecular formula is C58H62Cl2F4N2O8. The third kappa shape index (κ3) is 15.4. The summed E-state index contributed by atoms with van der Waals surface area (Å²) >= 11 is 13.7. The number of ether oxygens (including phenoxy) is 4. The van der Waals surface area contributed by atoms with Gasteiger partial charge in [-0.1, -0.05) is 87.3 Å². The molecule has 6 aromatic rings. The highest BCUT2D eigenvalue weighted by atomic mass is 35.5. The van der Waals surface area contributed by atoms with Crippen LogP contribution < -0.4 is 18.9 Å². The van der Waals surface area contributed by atoms with Crippen LogP contribution in [0.3, 0.4) is 0 Å². The highest BCUT2D eigenvalue weighted by Gasteiger charge is 2.27.